The summed E-state index contributed by atoms with van der Waals surface area (Å²) in [7, 11) is -3.60. The van der Waals surface area contributed by atoms with Crippen LogP contribution < -0.4 is 4.72 Å². The summed E-state index contributed by atoms with van der Waals surface area (Å²) in [6.45, 7) is 6.00. The molecule has 3 rings (SSSR count). The van der Waals surface area contributed by atoms with Gasteiger partial charge in [0.1, 0.15) is 0 Å². The predicted molar refractivity (Wildman–Crippen MR) is 102 cm³/mol. The van der Waals surface area contributed by atoms with Gasteiger partial charge in [0.05, 0.1) is 15.6 Å². The van der Waals surface area contributed by atoms with E-state index in [1.54, 1.807) is 24.3 Å². The van der Waals surface area contributed by atoms with Crippen molar-refractivity contribution in [3.63, 3.8) is 0 Å². The highest BCUT2D eigenvalue weighted by Crippen LogP contribution is 2.26. The van der Waals surface area contributed by atoms with E-state index in [4.69, 9.17) is 0 Å². The van der Waals surface area contributed by atoms with Crippen LogP contribution in [0.2, 0.25) is 0 Å². The van der Waals surface area contributed by atoms with E-state index in [1.165, 1.54) is 0 Å². The van der Waals surface area contributed by atoms with Crippen LogP contribution >= 0.6 is 11.3 Å². The number of rotatable bonds is 5. The topological polar surface area (TPSA) is 59.1 Å². The van der Waals surface area contributed by atoms with Crippen LogP contribution in [0.5, 0.6) is 0 Å². The normalized spacial score (nSPS) is 11.6. The van der Waals surface area contributed by atoms with E-state index in [0.29, 0.717) is 10.5 Å². The molecular weight excluding hydrogens is 352 g/mol. The van der Waals surface area contributed by atoms with Gasteiger partial charge in [-0.15, -0.1) is 11.3 Å². The van der Waals surface area contributed by atoms with Gasteiger partial charge in [-0.25, -0.2) is 18.1 Å². The first-order valence-corrected chi connectivity index (χ1v) is 10.3. The van der Waals surface area contributed by atoms with Gasteiger partial charge in [-0.2, -0.15) is 0 Å². The Labute approximate surface area is 152 Å². The largest absolute Gasteiger partial charge is 0.242 e. The second-order valence-electron chi connectivity index (χ2n) is 6.04. The molecule has 0 spiro atoms. The maximum Gasteiger partial charge on any atom is 0.241 e. The van der Waals surface area contributed by atoms with Crippen molar-refractivity contribution in [3.8, 4) is 11.3 Å². The average Bonchev–Trinajstić information content (AvgIpc) is 3.01. The molecule has 1 N–H and O–H groups in total. The molecule has 0 saturated carbocycles. The van der Waals surface area contributed by atoms with E-state index in [1.807, 2.05) is 55.6 Å². The summed E-state index contributed by atoms with van der Waals surface area (Å²) >= 11 is 1.55. The quantitative estimate of drug-likeness (QED) is 0.730. The first kappa shape index (κ1) is 17.8. The first-order valence-electron chi connectivity index (χ1n) is 7.93. The second kappa shape index (κ2) is 7.07. The van der Waals surface area contributed by atoms with E-state index in [2.05, 4.69) is 9.71 Å². The highest BCUT2D eigenvalue weighted by molar-refractivity contribution is 7.89. The third kappa shape index (κ3) is 4.15. The summed E-state index contributed by atoms with van der Waals surface area (Å²) in [5.74, 6) is 0. The number of hydrogen-bond donors (Lipinski definition) is 1. The molecule has 25 heavy (non-hydrogen) atoms. The molecule has 0 unspecified atom stereocenters. The van der Waals surface area contributed by atoms with Gasteiger partial charge in [-0.3, -0.25) is 0 Å². The van der Waals surface area contributed by atoms with Gasteiger partial charge in [-0.1, -0.05) is 42.0 Å². The maximum atomic E-state index is 12.8. The SMILES string of the molecule is Cc1ccc(CNS(=O)(=O)c2cc(-c3csc(C)n3)ccc2C)cc1. The Kier molecular flexibility index (Phi) is 5.03. The van der Waals surface area contributed by atoms with Crippen LogP contribution in [0.1, 0.15) is 21.7 Å². The Morgan fingerprint density at radius 3 is 2.40 bits per heavy atom. The van der Waals surface area contributed by atoms with Crippen LogP contribution in [-0.2, 0) is 16.6 Å². The molecule has 0 atom stereocenters. The molecule has 0 saturated heterocycles. The lowest BCUT2D eigenvalue weighted by molar-refractivity contribution is 0.580. The van der Waals surface area contributed by atoms with Crippen molar-refractivity contribution in [2.75, 3.05) is 0 Å². The minimum atomic E-state index is -3.60. The van der Waals surface area contributed by atoms with Gasteiger partial charge < -0.3 is 0 Å². The lowest BCUT2D eigenvalue weighted by Gasteiger charge is -2.11. The van der Waals surface area contributed by atoms with Crippen molar-refractivity contribution >= 4 is 21.4 Å². The van der Waals surface area contributed by atoms with Gasteiger partial charge >= 0.3 is 0 Å². The fourth-order valence-electron chi connectivity index (χ4n) is 2.51. The molecule has 0 aliphatic heterocycles. The number of benzene rings is 2. The van der Waals surface area contributed by atoms with Crippen molar-refractivity contribution in [2.45, 2.75) is 32.2 Å². The third-order valence-corrected chi connectivity index (χ3v) is 6.30. The Hall–Kier alpha value is -2.02. The molecule has 0 aliphatic rings. The fraction of sp³-hybridized carbons (Fsp3) is 0.211. The van der Waals surface area contributed by atoms with E-state index in [-0.39, 0.29) is 6.54 Å². The lowest BCUT2D eigenvalue weighted by Crippen LogP contribution is -2.24. The van der Waals surface area contributed by atoms with E-state index < -0.39 is 10.0 Å². The first-order chi connectivity index (χ1) is 11.8. The molecule has 0 aliphatic carbocycles. The molecule has 2 aromatic carbocycles. The molecule has 0 fully saturated rings. The van der Waals surface area contributed by atoms with E-state index in [0.717, 1.165) is 27.4 Å². The summed E-state index contributed by atoms with van der Waals surface area (Å²) in [4.78, 5) is 4.73. The van der Waals surface area contributed by atoms with Crippen molar-refractivity contribution < 1.29 is 8.42 Å². The standard InChI is InChI=1S/C19H20N2O2S2/c1-13-4-7-16(8-5-13)11-20-25(22,23)19-10-17(9-6-14(19)2)18-12-24-15(3)21-18/h4-10,12,20H,11H2,1-3H3. The molecule has 6 heteroatoms. The fourth-order valence-corrected chi connectivity index (χ4v) is 4.42. The molecule has 0 bridgehead atoms. The van der Waals surface area contributed by atoms with Crippen LogP contribution in [0.15, 0.2) is 52.7 Å². The lowest BCUT2D eigenvalue weighted by atomic mass is 10.1. The molecule has 0 amide bonds. The van der Waals surface area contributed by atoms with Crippen molar-refractivity contribution in [2.24, 2.45) is 0 Å². The minimum absolute atomic E-state index is 0.266. The van der Waals surface area contributed by atoms with Crippen molar-refractivity contribution in [1.29, 1.82) is 0 Å². The van der Waals surface area contributed by atoms with Crippen LogP contribution in [-0.4, -0.2) is 13.4 Å². The number of aryl methyl sites for hydroxylation is 3. The monoisotopic (exact) mass is 372 g/mol. The molecule has 1 heterocycles. The van der Waals surface area contributed by atoms with Crippen LogP contribution in [0.3, 0.4) is 0 Å². The van der Waals surface area contributed by atoms with Crippen LogP contribution in [0, 0.1) is 20.8 Å². The van der Waals surface area contributed by atoms with Gasteiger partial charge in [0.15, 0.2) is 0 Å². The Bertz CT molecular complexity index is 991. The molecular formula is C19H20N2O2S2. The zero-order valence-corrected chi connectivity index (χ0v) is 16.0. The number of nitrogens with one attached hydrogen (secondary N) is 1. The third-order valence-electron chi connectivity index (χ3n) is 3.98. The summed E-state index contributed by atoms with van der Waals surface area (Å²) in [5.41, 5.74) is 4.40. The number of thiazole rings is 1. The minimum Gasteiger partial charge on any atom is -0.242 e. The number of hydrogen-bond acceptors (Lipinski definition) is 4. The zero-order chi connectivity index (χ0) is 18.0. The second-order valence-corrected chi connectivity index (χ2v) is 8.84. The highest BCUT2D eigenvalue weighted by atomic mass is 32.2. The van der Waals surface area contributed by atoms with Gasteiger partial charge in [-0.05, 0) is 38.0 Å². The molecule has 4 nitrogen and oxygen atoms in total. The van der Waals surface area contributed by atoms with Crippen molar-refractivity contribution in [3.05, 3.63) is 69.5 Å². The van der Waals surface area contributed by atoms with Gasteiger partial charge in [0.25, 0.3) is 0 Å². The summed E-state index contributed by atoms with van der Waals surface area (Å²) < 4.78 is 28.2. The summed E-state index contributed by atoms with van der Waals surface area (Å²) in [6, 6.07) is 13.2. The predicted octanol–water partition coefficient (Wildman–Crippen LogP) is 4.21. The van der Waals surface area contributed by atoms with Crippen LogP contribution in [0.25, 0.3) is 11.3 Å². The highest BCUT2D eigenvalue weighted by Gasteiger charge is 2.18. The van der Waals surface area contributed by atoms with Crippen LogP contribution in [0.4, 0.5) is 0 Å². The summed E-state index contributed by atoms with van der Waals surface area (Å²) in [5, 5.41) is 2.90. The number of aromatic nitrogens is 1. The Morgan fingerprint density at radius 1 is 1.04 bits per heavy atom. The average molecular weight is 373 g/mol. The molecule has 3 aromatic rings. The van der Waals surface area contributed by atoms with E-state index >= 15 is 0 Å². The van der Waals surface area contributed by atoms with Gasteiger partial charge in [0, 0.05) is 17.5 Å². The summed E-state index contributed by atoms with van der Waals surface area (Å²) in [6.07, 6.45) is 0. The molecule has 0 radical (unpaired) electrons. The maximum absolute atomic E-state index is 12.8. The zero-order valence-electron chi connectivity index (χ0n) is 14.4. The van der Waals surface area contributed by atoms with Crippen molar-refractivity contribution in [1.82, 2.24) is 9.71 Å². The van der Waals surface area contributed by atoms with E-state index in [9.17, 15) is 8.42 Å². The number of sulfonamides is 1. The Balaban J connectivity index is 1.87. The number of nitrogens with zero attached hydrogens (tertiary/aromatic N) is 1. The molecule has 1 aromatic heterocycles. The molecule has 130 valence electrons. The van der Waals surface area contributed by atoms with Gasteiger partial charge in [0.2, 0.25) is 10.0 Å². The Morgan fingerprint density at radius 2 is 1.76 bits per heavy atom. The smallest absolute Gasteiger partial charge is 0.241 e.